The molecule has 2 aromatic rings. The number of ketones is 1. The van der Waals surface area contributed by atoms with Gasteiger partial charge in [0.1, 0.15) is 60.0 Å². The van der Waals surface area contributed by atoms with Gasteiger partial charge in [-0.15, -0.1) is 0 Å². The maximum absolute atomic E-state index is 15.1. The zero-order valence-corrected chi connectivity index (χ0v) is 85.1. The fraction of sp³-hybridized carbons (Fsp3) is 0.629. The summed E-state index contributed by atoms with van der Waals surface area (Å²) < 4.78 is 46.4. The maximum atomic E-state index is 15.1. The molecule has 2 aliphatic heterocycles. The lowest BCUT2D eigenvalue weighted by Crippen LogP contribution is -2.64. The second kappa shape index (κ2) is 56.6. The van der Waals surface area contributed by atoms with E-state index in [0.29, 0.717) is 11.1 Å². The van der Waals surface area contributed by atoms with Crippen LogP contribution in [0.2, 0.25) is 0 Å². The number of carbonyl (C=O) groups excluding carboxylic acids is 20. The van der Waals surface area contributed by atoms with Gasteiger partial charge in [-0.05, 0) is 89.2 Å². The number of benzene rings is 2. The minimum atomic E-state index is -1.86. The van der Waals surface area contributed by atoms with Crippen LogP contribution in [-0.2, 0) is 147 Å². The number of rotatable bonds is 26. The predicted octanol–water partition coefficient (Wildman–Crippen LogP) is 1.45. The molecule has 2 aliphatic rings. The van der Waals surface area contributed by atoms with Gasteiger partial charge in [-0.3, -0.25) is 67.1 Å². The molecule has 0 aliphatic carbocycles. The molecule has 43 heteroatoms. The third-order valence-corrected chi connectivity index (χ3v) is 24.0. The van der Waals surface area contributed by atoms with E-state index in [1.54, 1.807) is 130 Å². The number of amides is 13. The molecule has 4 rings (SSSR count). The molecule has 2 fully saturated rings. The predicted molar refractivity (Wildman–Crippen MR) is 508 cm³/mol. The van der Waals surface area contributed by atoms with Gasteiger partial charge in [0.25, 0.3) is 23.6 Å². The third-order valence-electron chi connectivity index (χ3n) is 24.0. The van der Waals surface area contributed by atoms with Crippen LogP contribution >= 0.6 is 0 Å². The molecule has 0 bridgehead atoms. The van der Waals surface area contributed by atoms with Gasteiger partial charge in [-0.25, -0.2) is 28.8 Å². The van der Waals surface area contributed by atoms with E-state index >= 15 is 4.79 Å². The van der Waals surface area contributed by atoms with Crippen molar-refractivity contribution in [2.75, 3.05) is 56.5 Å². The zero-order chi connectivity index (χ0) is 106. The molecule has 0 spiro atoms. The number of nitrogens with zero attached hydrogens (tertiary/aromatic N) is 6. The van der Waals surface area contributed by atoms with Gasteiger partial charge in [-0.2, -0.15) is 0 Å². The lowest BCUT2D eigenvalue weighted by molar-refractivity contribution is -0.177. The quantitative estimate of drug-likeness (QED) is 0.0366. The number of aliphatic hydroxyl groups excluding tert-OH is 2. The molecule has 9 N–H and O–H groups in total. The van der Waals surface area contributed by atoms with E-state index in [1.807, 2.05) is 0 Å². The fourth-order valence-corrected chi connectivity index (χ4v) is 14.9. The van der Waals surface area contributed by atoms with Crippen molar-refractivity contribution in [1.82, 2.24) is 66.6 Å². The van der Waals surface area contributed by atoms with Crippen LogP contribution in [0.1, 0.15) is 177 Å². The summed E-state index contributed by atoms with van der Waals surface area (Å²) in [5.74, 6) is -24.0. The van der Waals surface area contributed by atoms with Gasteiger partial charge in [0.15, 0.2) is 54.2 Å². The Bertz CT molecular complexity index is 4700. The third kappa shape index (κ3) is 34.4. The Morgan fingerprint density at radius 2 is 0.843 bits per heavy atom. The highest BCUT2D eigenvalue weighted by atomic mass is 16.6. The van der Waals surface area contributed by atoms with Gasteiger partial charge in [-0.1, -0.05) is 157 Å². The minimum Gasteiger partial charge on any atom is -0.460 e. The van der Waals surface area contributed by atoms with Crippen LogP contribution in [0, 0.1) is 35.5 Å². The van der Waals surface area contributed by atoms with Crippen LogP contribution < -0.4 is 37.2 Å². The van der Waals surface area contributed by atoms with E-state index in [4.69, 9.17) is 37.9 Å². The van der Waals surface area contributed by atoms with Crippen molar-refractivity contribution in [1.29, 1.82) is 0 Å². The van der Waals surface area contributed by atoms with Gasteiger partial charge < -0.3 is 115 Å². The number of nitrogens with one attached hydrogen (secondary N) is 7. The normalized spacial score (nSPS) is 24.8. The standard InChI is InChI=1S/C49H75N7O15.C47H70N6O15.CH4/c1-17-34(58)52-35(39(59)24(2)3)47(65)70-40(25(4)5)36-46(64)56(15)38(30(11)68-16)49(67)71-41(26(6)7)37(51-31(12)57)48(66)69-33(23-32-21-19-18-20-22-32)45(63)55(14)28(9)42(60)50-27(8)44(62)54(13)29(10)43(61)53-36;1-23(2)39(57)37(50-31(11)55)46(63)68-40(24(3)4)33-22-34(56)26(6)51(12)42(59)25(5)48-41(58)27(7)52(13)44(61)35(21-32-19-17-16-18-20-32)67-45(62)36(49-30(10)54)28(8)66-47(64)38(29(9)65-15)53(14)43(33)60;/h18-22,24-27,29-30,33,35-41,59H,9,17,23H2,1-8,10-16H3,(H,50,60)(H,51,57)(H,52,58)(H,53,61);16-20,23-26,28-29,33,35-40,57H,7,21-22H2,1-6,8-15H3,(H,48,58)(H,49,54)(H,50,55);1H4/t27-,29-,30-,33+,35-,36+,37-,38-,39+,40-,41+;25-,26-,28+,29+,33-,35+,36-,37-,38-,39+,40+;/m00./s1. The lowest BCUT2D eigenvalue weighted by Gasteiger charge is -2.39. The SMILES string of the molecule is C.C=C1C(=O)N[C@@H](C)C(=O)N(C)[C@@H](C)C(=O)C[C@@H]([C@H](OC(=O)[C@@H](NC(C)=O)[C@H](O)C(C)C)C(C)C)C(=O)N(C)[C@@H]([C@@H](C)OC)C(=O)O[C@H](C)[C@H](NC(C)=O)C(=O)O[C@H](Cc2ccccc2)C(=O)N1C.C=C1C(=O)N[C@@H](C)C(=O)N(C)[C@@H](C)C(=O)N[C@H]([C@@H](OC(=O)[C@@H](NC(=O)CC)[C@H](O)C(C)C)C(C)C)C(=O)N(C)[C@@H]([C@H](C)OC)C(=O)O[C@H](C(C)C)[C@H](NC(C)=O)C(=O)O[C@H](Cc2ccccc2)C(=O)N1C. The lowest BCUT2D eigenvalue weighted by atomic mass is 9.85. The van der Waals surface area contributed by atoms with Crippen LogP contribution in [0.25, 0.3) is 0 Å². The molecule has 782 valence electrons. The van der Waals surface area contributed by atoms with Crippen molar-refractivity contribution >= 4 is 118 Å². The topological polar surface area (TPSA) is 559 Å². The first kappa shape index (κ1) is 123. The number of aliphatic hydroxyl groups is 2. The van der Waals surface area contributed by atoms with Gasteiger partial charge >= 0.3 is 35.8 Å². The molecule has 0 unspecified atom stereocenters. The Kier molecular flexibility index (Phi) is 49.9. The molecule has 2 heterocycles. The molecular weight excluding hydrogens is 1830 g/mol. The highest BCUT2D eigenvalue weighted by Crippen LogP contribution is 2.30. The average molecular weight is 1980 g/mol. The molecule has 22 atom stereocenters. The van der Waals surface area contributed by atoms with Crippen LogP contribution in [0.15, 0.2) is 85.2 Å². The van der Waals surface area contributed by atoms with E-state index in [1.165, 1.54) is 112 Å². The Balaban J connectivity index is 0.000000941. The van der Waals surface area contributed by atoms with Crippen molar-refractivity contribution < 1.29 is 144 Å². The van der Waals surface area contributed by atoms with E-state index < -0.39 is 299 Å². The molecule has 2 saturated heterocycles. The Labute approximate surface area is 819 Å². The molecule has 0 aromatic heterocycles. The number of esters is 6. The van der Waals surface area contributed by atoms with Gasteiger partial charge in [0.05, 0.1) is 36.4 Å². The highest BCUT2D eigenvalue weighted by molar-refractivity contribution is 6.03. The van der Waals surface area contributed by atoms with Crippen LogP contribution in [-0.4, -0.2) is 342 Å². The zero-order valence-electron chi connectivity index (χ0n) is 85.1. The average Bonchev–Trinajstić information content (AvgIpc) is 0.798. The number of ether oxygens (including phenoxy) is 8. The first-order valence-electron chi connectivity index (χ1n) is 45.9. The summed E-state index contributed by atoms with van der Waals surface area (Å²) in [6.45, 7) is 37.6. The molecular formula is C97H149N13O30. The van der Waals surface area contributed by atoms with Crippen LogP contribution in [0.4, 0.5) is 0 Å². The molecule has 2 aromatic carbocycles. The smallest absolute Gasteiger partial charge is 0.333 e. The Morgan fingerprint density at radius 3 is 1.22 bits per heavy atom. The Morgan fingerprint density at radius 1 is 0.464 bits per heavy atom. The second-order valence-corrected chi connectivity index (χ2v) is 36.5. The molecule has 140 heavy (non-hydrogen) atoms. The number of methoxy groups -OCH3 is 2. The summed E-state index contributed by atoms with van der Waals surface area (Å²) in [5.41, 5.74) is 0.128. The summed E-state index contributed by atoms with van der Waals surface area (Å²) in [5, 5.41) is 39.2. The van der Waals surface area contributed by atoms with Crippen molar-refractivity contribution in [3.05, 3.63) is 96.3 Å². The summed E-state index contributed by atoms with van der Waals surface area (Å²) in [6.07, 6.45) is -16.0. The fourth-order valence-electron chi connectivity index (χ4n) is 14.9. The summed E-state index contributed by atoms with van der Waals surface area (Å²) in [6, 6.07) is -0.525. The van der Waals surface area contributed by atoms with Crippen LogP contribution in [0.3, 0.4) is 0 Å². The molecule has 43 nitrogen and oxygen atoms in total. The monoisotopic (exact) mass is 1980 g/mol. The molecule has 13 amide bonds. The van der Waals surface area contributed by atoms with Crippen molar-refractivity contribution in [3.8, 4) is 0 Å². The number of cyclic esters (lactones) is 4. The number of likely N-dealkylation sites (N-methyl/N-ethyl adjacent to an activating group) is 6. The summed E-state index contributed by atoms with van der Waals surface area (Å²) in [4.78, 5) is 283. The molecule has 0 saturated carbocycles. The van der Waals surface area contributed by atoms with Crippen LogP contribution in [0.5, 0.6) is 0 Å². The number of hydrogen-bond donors (Lipinski definition) is 9. The second-order valence-electron chi connectivity index (χ2n) is 36.5. The Hall–Kier alpha value is -12.6. The van der Waals surface area contributed by atoms with E-state index in [9.17, 15) is 101 Å². The highest BCUT2D eigenvalue weighted by Gasteiger charge is 2.51. The van der Waals surface area contributed by atoms with Gasteiger partial charge in [0.2, 0.25) is 53.2 Å². The summed E-state index contributed by atoms with van der Waals surface area (Å²) >= 11 is 0. The first-order valence-corrected chi connectivity index (χ1v) is 45.9. The van der Waals surface area contributed by atoms with E-state index in [-0.39, 0.29) is 26.7 Å². The number of carbonyl (C=O) groups is 20. The van der Waals surface area contributed by atoms with Gasteiger partial charge in [0, 0.05) is 103 Å². The summed E-state index contributed by atoms with van der Waals surface area (Å²) in [7, 11) is 9.82. The van der Waals surface area contributed by atoms with Crippen molar-refractivity contribution in [3.63, 3.8) is 0 Å². The number of hydrogen-bond acceptors (Lipinski definition) is 30. The van der Waals surface area contributed by atoms with Crippen molar-refractivity contribution in [2.45, 2.75) is 306 Å². The van der Waals surface area contributed by atoms with E-state index in [0.717, 1.165) is 50.2 Å². The molecule has 0 radical (unpaired) electrons. The first-order chi connectivity index (χ1) is 64.6. The maximum Gasteiger partial charge on any atom is 0.333 e. The minimum absolute atomic E-state index is 0. The van der Waals surface area contributed by atoms with Crippen molar-refractivity contribution in [2.24, 2.45) is 35.5 Å². The number of Topliss-reactive ketones (excluding diaryl/α,β-unsaturated/α-hetero) is 1. The largest absolute Gasteiger partial charge is 0.460 e. The van der Waals surface area contributed by atoms with E-state index in [2.05, 4.69) is 50.4 Å².